The van der Waals surface area contributed by atoms with E-state index in [2.05, 4.69) is 9.89 Å². The van der Waals surface area contributed by atoms with Crippen molar-refractivity contribution in [3.05, 3.63) is 111 Å². The van der Waals surface area contributed by atoms with Crippen LogP contribution < -0.4 is 9.47 Å². The Bertz CT molecular complexity index is 1640. The van der Waals surface area contributed by atoms with Crippen molar-refractivity contribution in [1.82, 2.24) is 4.90 Å². The number of likely N-dealkylation sites (N-methyl/N-ethyl adjacent to an activating group) is 1. The number of non-ortho nitro benzene ring substituents is 1. The van der Waals surface area contributed by atoms with E-state index in [1.165, 1.54) is 25.3 Å². The second kappa shape index (κ2) is 15.3. The lowest BCUT2D eigenvalue weighted by atomic mass is 9.75. The maximum absolute atomic E-state index is 14.2. The number of methoxy groups -OCH3 is 3. The monoisotopic (exact) mass is 629 g/mol. The van der Waals surface area contributed by atoms with Crippen LogP contribution in [0.4, 0.5) is 5.69 Å². The molecule has 0 radical (unpaired) electrons. The van der Waals surface area contributed by atoms with Gasteiger partial charge in [-0.15, -0.1) is 0 Å². The number of rotatable bonds is 13. The number of nitrogens with zero attached hydrogens (tertiary/aromatic N) is 3. The molecule has 3 aromatic carbocycles. The van der Waals surface area contributed by atoms with Crippen molar-refractivity contribution < 1.29 is 33.5 Å². The maximum Gasteiger partial charge on any atom is 0.337 e. The Hall–Kier alpha value is -5.03. The van der Waals surface area contributed by atoms with Crippen LogP contribution >= 0.6 is 0 Å². The predicted octanol–water partition coefficient (Wildman–Crippen LogP) is 5.69. The van der Waals surface area contributed by atoms with E-state index in [0.717, 1.165) is 11.1 Å². The lowest BCUT2D eigenvalue weighted by Gasteiger charge is -2.32. The first kappa shape index (κ1) is 33.9. The Morgan fingerprint density at radius 3 is 2.33 bits per heavy atom. The lowest BCUT2D eigenvalue weighted by molar-refractivity contribution is -0.384. The van der Waals surface area contributed by atoms with E-state index < -0.39 is 34.8 Å². The van der Waals surface area contributed by atoms with E-state index in [1.54, 1.807) is 34.1 Å². The van der Waals surface area contributed by atoms with Gasteiger partial charge in [0.15, 0.2) is 11.5 Å². The number of nitro groups is 1. The van der Waals surface area contributed by atoms with Crippen LogP contribution in [0, 0.1) is 16.0 Å². The van der Waals surface area contributed by atoms with Crippen molar-refractivity contribution in [2.75, 3.05) is 41.5 Å². The van der Waals surface area contributed by atoms with Gasteiger partial charge in [-0.25, -0.2) is 4.79 Å². The van der Waals surface area contributed by atoms with Crippen LogP contribution in [0.1, 0.15) is 42.6 Å². The average Bonchev–Trinajstić information content (AvgIpc) is 3.06. The van der Waals surface area contributed by atoms with Crippen LogP contribution in [0.5, 0.6) is 11.5 Å². The molecular weight excluding hydrogens is 590 g/mol. The predicted molar refractivity (Wildman–Crippen MR) is 173 cm³/mol. The van der Waals surface area contributed by atoms with Gasteiger partial charge in [-0.3, -0.25) is 19.9 Å². The second-order valence-electron chi connectivity index (χ2n) is 11.1. The summed E-state index contributed by atoms with van der Waals surface area (Å²) in [5.74, 6) is -1.85. The summed E-state index contributed by atoms with van der Waals surface area (Å²) in [5, 5.41) is 11.6. The number of ether oxygens (including phenoxy) is 4. The zero-order valence-electron chi connectivity index (χ0n) is 26.9. The van der Waals surface area contributed by atoms with Gasteiger partial charge >= 0.3 is 11.9 Å². The van der Waals surface area contributed by atoms with Crippen LogP contribution in [0.3, 0.4) is 0 Å². The van der Waals surface area contributed by atoms with E-state index >= 15 is 0 Å². The van der Waals surface area contributed by atoms with Gasteiger partial charge in [0.25, 0.3) is 5.69 Å². The molecule has 0 aromatic heterocycles. The number of esters is 2. The highest BCUT2D eigenvalue weighted by molar-refractivity contribution is 6.07. The van der Waals surface area contributed by atoms with Gasteiger partial charge in [0.05, 0.1) is 31.8 Å². The minimum Gasteiger partial charge on any atom is -0.493 e. The molecule has 0 spiro atoms. The molecule has 46 heavy (non-hydrogen) atoms. The maximum atomic E-state index is 14.2. The summed E-state index contributed by atoms with van der Waals surface area (Å²) < 4.78 is 22.1. The fraction of sp³-hybridized carbons (Fsp3) is 0.343. The lowest BCUT2D eigenvalue weighted by Crippen LogP contribution is -2.37. The molecule has 1 aliphatic heterocycles. The number of allylic oxidation sites excluding steroid dienone is 1. The van der Waals surface area contributed by atoms with Crippen molar-refractivity contribution in [2.24, 2.45) is 10.9 Å². The van der Waals surface area contributed by atoms with E-state index in [9.17, 15) is 19.7 Å². The molecule has 0 amide bonds. The molecule has 0 saturated heterocycles. The minimum absolute atomic E-state index is 0.149. The molecule has 0 bridgehead atoms. The molecule has 3 unspecified atom stereocenters. The van der Waals surface area contributed by atoms with Gasteiger partial charge in [0.1, 0.15) is 12.0 Å². The number of hydrogen-bond donors (Lipinski definition) is 0. The van der Waals surface area contributed by atoms with Gasteiger partial charge < -0.3 is 23.8 Å². The van der Waals surface area contributed by atoms with Gasteiger partial charge in [0, 0.05) is 42.5 Å². The molecule has 0 N–H and O–H groups in total. The first-order chi connectivity index (χ1) is 22.1. The molecule has 1 heterocycles. The minimum atomic E-state index is -0.974. The molecule has 4 rings (SSSR count). The first-order valence-electron chi connectivity index (χ1n) is 14.8. The third-order valence-electron chi connectivity index (χ3n) is 8.07. The SMILES string of the molecule is COC(=O)C1C(C)=NC(C)=C(C(=O)OC(CN(C)CCc2ccc(OC)c(OC)c2)c2ccccc2)C1c1cccc([N+](=O)[O-])c1. The number of carbonyl (C=O) groups is 2. The Kier molecular flexibility index (Phi) is 11.3. The first-order valence-corrected chi connectivity index (χ1v) is 14.8. The Morgan fingerprint density at radius 2 is 1.67 bits per heavy atom. The topological polar surface area (TPSA) is 130 Å². The highest BCUT2D eigenvalue weighted by atomic mass is 16.6. The number of hydrogen-bond acceptors (Lipinski definition) is 10. The normalized spacial score (nSPS) is 16.8. The zero-order valence-corrected chi connectivity index (χ0v) is 26.9. The second-order valence-corrected chi connectivity index (χ2v) is 11.1. The van der Waals surface area contributed by atoms with Crippen molar-refractivity contribution in [3.63, 3.8) is 0 Å². The molecule has 1 aliphatic rings. The Morgan fingerprint density at radius 1 is 0.957 bits per heavy atom. The summed E-state index contributed by atoms with van der Waals surface area (Å²) in [6, 6.07) is 21.1. The van der Waals surface area contributed by atoms with E-state index in [4.69, 9.17) is 18.9 Å². The Labute approximate surface area is 268 Å². The fourth-order valence-electron chi connectivity index (χ4n) is 5.73. The van der Waals surface area contributed by atoms with E-state index in [0.29, 0.717) is 48.0 Å². The third-order valence-corrected chi connectivity index (χ3v) is 8.07. The average molecular weight is 630 g/mol. The van der Waals surface area contributed by atoms with Crippen LogP contribution in [0.2, 0.25) is 0 Å². The van der Waals surface area contributed by atoms with E-state index in [1.807, 2.05) is 55.6 Å². The molecule has 11 nitrogen and oxygen atoms in total. The fourth-order valence-corrected chi connectivity index (χ4v) is 5.73. The molecular formula is C35H39N3O8. The summed E-state index contributed by atoms with van der Waals surface area (Å²) in [7, 11) is 6.39. The number of nitro benzene ring substituents is 1. The highest BCUT2D eigenvalue weighted by Gasteiger charge is 2.43. The van der Waals surface area contributed by atoms with Crippen molar-refractivity contribution in [1.29, 1.82) is 0 Å². The van der Waals surface area contributed by atoms with Crippen LogP contribution in [0.15, 0.2) is 89.1 Å². The standard InChI is InChI=1S/C35H39N3O8/c1-22-31(34(39)45-6)33(26-13-10-14-27(20-26)38(41)42)32(23(2)36-22)35(40)46-30(25-11-8-7-9-12-25)21-37(3)18-17-24-15-16-28(43-4)29(19-24)44-5/h7-16,19-20,30-31,33H,17-18,21H2,1-6H3. The van der Waals surface area contributed by atoms with Gasteiger partial charge in [-0.2, -0.15) is 0 Å². The molecule has 0 fully saturated rings. The Balaban J connectivity index is 1.64. The summed E-state index contributed by atoms with van der Waals surface area (Å²) in [4.78, 5) is 45.0. The molecule has 0 saturated carbocycles. The summed E-state index contributed by atoms with van der Waals surface area (Å²) in [6.45, 7) is 4.38. The van der Waals surface area contributed by atoms with Gasteiger partial charge in [-0.1, -0.05) is 48.5 Å². The molecule has 3 atom stereocenters. The van der Waals surface area contributed by atoms with Crippen molar-refractivity contribution >= 4 is 23.3 Å². The number of carbonyl (C=O) groups excluding carboxylic acids is 2. The van der Waals surface area contributed by atoms with Crippen LogP contribution in [-0.4, -0.2) is 68.9 Å². The van der Waals surface area contributed by atoms with Crippen molar-refractivity contribution in [3.8, 4) is 11.5 Å². The molecule has 3 aromatic rings. The van der Waals surface area contributed by atoms with E-state index in [-0.39, 0.29) is 11.3 Å². The molecule has 11 heteroatoms. The summed E-state index contributed by atoms with van der Waals surface area (Å²) >= 11 is 0. The quantitative estimate of drug-likeness (QED) is 0.133. The molecule has 0 aliphatic carbocycles. The highest BCUT2D eigenvalue weighted by Crippen LogP contribution is 2.41. The number of aliphatic imine (C=N–C) groups is 1. The third kappa shape index (κ3) is 7.78. The summed E-state index contributed by atoms with van der Waals surface area (Å²) in [5.41, 5.74) is 3.05. The van der Waals surface area contributed by atoms with Gasteiger partial charge in [0.2, 0.25) is 0 Å². The van der Waals surface area contributed by atoms with Crippen LogP contribution in [-0.2, 0) is 25.5 Å². The van der Waals surface area contributed by atoms with Gasteiger partial charge in [-0.05, 0) is 56.1 Å². The smallest absolute Gasteiger partial charge is 0.337 e. The zero-order chi connectivity index (χ0) is 33.4. The largest absolute Gasteiger partial charge is 0.493 e. The number of benzene rings is 3. The van der Waals surface area contributed by atoms with Crippen LogP contribution in [0.25, 0.3) is 0 Å². The molecule has 242 valence electrons. The summed E-state index contributed by atoms with van der Waals surface area (Å²) in [6.07, 6.45) is 0.0407. The van der Waals surface area contributed by atoms with Crippen molar-refractivity contribution in [2.45, 2.75) is 32.3 Å².